The van der Waals surface area contributed by atoms with Gasteiger partial charge in [-0.15, -0.1) is 0 Å². The van der Waals surface area contributed by atoms with Crippen molar-refractivity contribution in [3.05, 3.63) is 71.1 Å². The number of rotatable bonds is 8. The molecule has 34 heavy (non-hydrogen) atoms. The van der Waals surface area contributed by atoms with Gasteiger partial charge in [-0.25, -0.2) is 0 Å². The third kappa shape index (κ3) is 5.83. The fourth-order valence-corrected chi connectivity index (χ4v) is 4.36. The summed E-state index contributed by atoms with van der Waals surface area (Å²) in [4.78, 5) is 34.3. The van der Waals surface area contributed by atoms with E-state index in [1.807, 2.05) is 49.4 Å². The summed E-state index contributed by atoms with van der Waals surface area (Å²) < 4.78 is 5.59. The third-order valence-corrected chi connectivity index (χ3v) is 6.26. The van der Waals surface area contributed by atoms with Crippen LogP contribution in [0.25, 0.3) is 11.4 Å². The maximum atomic E-state index is 13.4. The predicted molar refractivity (Wildman–Crippen MR) is 130 cm³/mol. The van der Waals surface area contributed by atoms with Gasteiger partial charge < -0.3 is 14.3 Å². The summed E-state index contributed by atoms with van der Waals surface area (Å²) in [6.07, 6.45) is 3.77. The van der Waals surface area contributed by atoms with Crippen LogP contribution in [0.1, 0.15) is 56.5 Å². The van der Waals surface area contributed by atoms with Crippen molar-refractivity contribution in [2.75, 3.05) is 13.1 Å². The molecule has 4 rings (SSSR count). The molecule has 3 aromatic rings. The first-order chi connectivity index (χ1) is 16.5. The highest BCUT2D eigenvalue weighted by molar-refractivity contribution is 6.30. The van der Waals surface area contributed by atoms with Crippen LogP contribution in [-0.2, 0) is 16.1 Å². The molecular weight excluding hydrogens is 452 g/mol. The summed E-state index contributed by atoms with van der Waals surface area (Å²) >= 11 is 5.98. The number of carbonyl (C=O) groups is 2. The van der Waals surface area contributed by atoms with Crippen LogP contribution in [0.15, 0.2) is 59.1 Å². The number of halogens is 1. The Kier molecular flexibility index (Phi) is 7.95. The Morgan fingerprint density at radius 1 is 1.12 bits per heavy atom. The van der Waals surface area contributed by atoms with E-state index in [9.17, 15) is 9.59 Å². The molecule has 1 atom stereocenters. The number of aromatic nitrogens is 2. The molecule has 1 fully saturated rings. The fourth-order valence-electron chi connectivity index (χ4n) is 4.24. The van der Waals surface area contributed by atoms with Gasteiger partial charge in [0.2, 0.25) is 23.5 Å². The summed E-state index contributed by atoms with van der Waals surface area (Å²) in [5.41, 5.74) is 1.80. The molecule has 1 aromatic heterocycles. The van der Waals surface area contributed by atoms with Crippen molar-refractivity contribution in [3.63, 3.8) is 0 Å². The maximum absolute atomic E-state index is 13.4. The number of piperidine rings is 1. The minimum absolute atomic E-state index is 0.0175. The summed E-state index contributed by atoms with van der Waals surface area (Å²) in [5, 5.41) is 4.76. The van der Waals surface area contributed by atoms with Gasteiger partial charge in [-0.3, -0.25) is 9.59 Å². The van der Waals surface area contributed by atoms with E-state index in [1.54, 1.807) is 21.9 Å². The van der Waals surface area contributed by atoms with Crippen LogP contribution in [0.3, 0.4) is 0 Å². The molecule has 0 radical (unpaired) electrons. The van der Waals surface area contributed by atoms with Gasteiger partial charge in [0, 0.05) is 30.1 Å². The van der Waals surface area contributed by atoms with Crippen LogP contribution in [0.5, 0.6) is 0 Å². The molecule has 2 aromatic carbocycles. The molecular formula is C26H29ClN4O3. The molecule has 178 valence electrons. The van der Waals surface area contributed by atoms with E-state index in [-0.39, 0.29) is 24.4 Å². The Hall–Kier alpha value is -3.19. The van der Waals surface area contributed by atoms with Crippen molar-refractivity contribution in [2.24, 2.45) is 0 Å². The number of amides is 2. The first-order valence-electron chi connectivity index (χ1n) is 11.8. The molecule has 2 amide bonds. The normalized spacial score (nSPS) is 15.8. The second-order valence-corrected chi connectivity index (χ2v) is 8.98. The van der Waals surface area contributed by atoms with Crippen molar-refractivity contribution in [1.29, 1.82) is 0 Å². The number of likely N-dealkylation sites (tertiary alicyclic amines) is 1. The lowest BCUT2D eigenvalue weighted by atomic mass is 10.0. The van der Waals surface area contributed by atoms with E-state index in [1.165, 1.54) is 0 Å². The third-order valence-electron chi connectivity index (χ3n) is 6.01. The van der Waals surface area contributed by atoms with Crippen molar-refractivity contribution >= 4 is 23.4 Å². The van der Waals surface area contributed by atoms with Crippen LogP contribution in [0.4, 0.5) is 0 Å². The van der Waals surface area contributed by atoms with E-state index in [0.717, 1.165) is 36.8 Å². The van der Waals surface area contributed by atoms with Crippen LogP contribution in [0.2, 0.25) is 5.02 Å². The average molecular weight is 481 g/mol. The van der Waals surface area contributed by atoms with E-state index < -0.39 is 0 Å². The van der Waals surface area contributed by atoms with Gasteiger partial charge in [0.1, 0.15) is 12.6 Å². The SMILES string of the molecule is CCCC(=O)N(CC(=O)N1CCCCC1c1nc(-c2ccc(Cl)cc2)no1)Cc1ccccc1. The molecule has 1 unspecified atom stereocenters. The van der Waals surface area contributed by atoms with Crippen molar-refractivity contribution in [3.8, 4) is 11.4 Å². The monoisotopic (exact) mass is 480 g/mol. The van der Waals surface area contributed by atoms with E-state index >= 15 is 0 Å². The molecule has 8 heteroatoms. The highest BCUT2D eigenvalue weighted by atomic mass is 35.5. The van der Waals surface area contributed by atoms with Crippen LogP contribution >= 0.6 is 11.6 Å². The maximum Gasteiger partial charge on any atom is 0.249 e. The van der Waals surface area contributed by atoms with E-state index in [4.69, 9.17) is 16.1 Å². The zero-order chi connectivity index (χ0) is 23.9. The molecule has 0 spiro atoms. The molecule has 1 aliphatic heterocycles. The first kappa shape index (κ1) is 24.0. The Balaban J connectivity index is 1.51. The van der Waals surface area contributed by atoms with Crippen LogP contribution < -0.4 is 0 Å². The van der Waals surface area contributed by atoms with Gasteiger partial charge >= 0.3 is 0 Å². The summed E-state index contributed by atoms with van der Waals surface area (Å²) in [6.45, 7) is 3.01. The average Bonchev–Trinajstić information content (AvgIpc) is 3.35. The Morgan fingerprint density at radius 2 is 1.88 bits per heavy atom. The minimum Gasteiger partial charge on any atom is -0.337 e. The summed E-state index contributed by atoms with van der Waals surface area (Å²) in [6, 6.07) is 16.7. The second-order valence-electron chi connectivity index (χ2n) is 8.55. The molecule has 0 aliphatic carbocycles. The molecule has 0 saturated carbocycles. The first-order valence-corrected chi connectivity index (χ1v) is 12.1. The van der Waals surface area contributed by atoms with Gasteiger partial charge in [0.15, 0.2) is 0 Å². The van der Waals surface area contributed by atoms with E-state index in [0.29, 0.717) is 36.2 Å². The lowest BCUT2D eigenvalue weighted by molar-refractivity contribution is -0.143. The number of carbonyl (C=O) groups excluding carboxylic acids is 2. The number of hydrogen-bond acceptors (Lipinski definition) is 5. The van der Waals surface area contributed by atoms with Crippen molar-refractivity contribution in [1.82, 2.24) is 19.9 Å². The number of benzene rings is 2. The molecule has 1 saturated heterocycles. The zero-order valence-corrected chi connectivity index (χ0v) is 20.1. The Labute approximate surface area is 204 Å². The summed E-state index contributed by atoms with van der Waals surface area (Å²) in [7, 11) is 0. The quantitative estimate of drug-likeness (QED) is 0.438. The lowest BCUT2D eigenvalue weighted by Gasteiger charge is -2.35. The molecule has 2 heterocycles. The number of hydrogen-bond donors (Lipinski definition) is 0. The largest absolute Gasteiger partial charge is 0.337 e. The minimum atomic E-state index is -0.297. The Bertz CT molecular complexity index is 1100. The predicted octanol–water partition coefficient (Wildman–Crippen LogP) is 5.27. The van der Waals surface area contributed by atoms with E-state index in [2.05, 4.69) is 10.1 Å². The summed E-state index contributed by atoms with van der Waals surface area (Å²) in [5.74, 6) is 0.772. The molecule has 0 bridgehead atoms. The van der Waals surface area contributed by atoms with Gasteiger partial charge in [0.25, 0.3) is 0 Å². The van der Waals surface area contributed by atoms with Gasteiger partial charge in [-0.05, 0) is 55.5 Å². The van der Waals surface area contributed by atoms with Crippen LogP contribution in [-0.4, -0.2) is 44.8 Å². The van der Waals surface area contributed by atoms with Gasteiger partial charge in [-0.2, -0.15) is 4.98 Å². The zero-order valence-electron chi connectivity index (χ0n) is 19.3. The Morgan fingerprint density at radius 3 is 2.62 bits per heavy atom. The topological polar surface area (TPSA) is 79.5 Å². The second kappa shape index (κ2) is 11.3. The van der Waals surface area contributed by atoms with Crippen LogP contribution in [0, 0.1) is 0 Å². The van der Waals surface area contributed by atoms with Gasteiger partial charge in [-0.1, -0.05) is 54.0 Å². The van der Waals surface area contributed by atoms with Gasteiger partial charge in [0.05, 0.1) is 0 Å². The number of nitrogens with zero attached hydrogens (tertiary/aromatic N) is 4. The lowest BCUT2D eigenvalue weighted by Crippen LogP contribution is -2.45. The molecule has 0 N–H and O–H groups in total. The highest BCUT2D eigenvalue weighted by Crippen LogP contribution is 2.31. The van der Waals surface area contributed by atoms with Crippen molar-refractivity contribution in [2.45, 2.75) is 51.6 Å². The van der Waals surface area contributed by atoms with Crippen molar-refractivity contribution < 1.29 is 14.1 Å². The fraction of sp³-hybridized carbons (Fsp3) is 0.385. The smallest absolute Gasteiger partial charge is 0.249 e. The highest BCUT2D eigenvalue weighted by Gasteiger charge is 2.33. The standard InChI is InChI=1S/C26H29ClN4O3/c1-2-8-23(32)30(17-19-9-4-3-5-10-19)18-24(33)31-16-7-6-11-22(31)26-28-25(29-34-26)20-12-14-21(27)15-13-20/h3-5,9-10,12-15,22H,2,6-8,11,16-18H2,1H3. The molecule has 1 aliphatic rings. The molecule has 7 nitrogen and oxygen atoms in total.